The number of carbonyl (C=O) groups is 1. The number of rotatable bonds is 7. The van der Waals surface area contributed by atoms with Crippen LogP contribution in [0.4, 0.5) is 0 Å². The molecule has 0 atom stereocenters. The largest absolute Gasteiger partial charge is 0.396 e. The molecular formula is C9H19NO4. The SMILES string of the molecule is CC(CO)(CO)NC(=O)CCCCO. The Hall–Kier alpha value is -0.650. The van der Waals surface area contributed by atoms with Gasteiger partial charge in [0, 0.05) is 13.0 Å². The highest BCUT2D eigenvalue weighted by Crippen LogP contribution is 2.02. The number of hydrogen-bond donors (Lipinski definition) is 4. The zero-order chi connectivity index (χ0) is 11.0. The molecule has 0 spiro atoms. The van der Waals surface area contributed by atoms with Gasteiger partial charge in [0.1, 0.15) is 0 Å². The van der Waals surface area contributed by atoms with Crippen molar-refractivity contribution in [2.24, 2.45) is 0 Å². The first kappa shape index (κ1) is 13.4. The van der Waals surface area contributed by atoms with E-state index in [-0.39, 0.29) is 25.7 Å². The van der Waals surface area contributed by atoms with Gasteiger partial charge in [0.15, 0.2) is 0 Å². The molecule has 5 nitrogen and oxygen atoms in total. The summed E-state index contributed by atoms with van der Waals surface area (Å²) in [6.07, 6.45) is 1.49. The van der Waals surface area contributed by atoms with Crippen molar-refractivity contribution in [1.29, 1.82) is 0 Å². The average Bonchev–Trinajstić information content (AvgIpc) is 2.18. The van der Waals surface area contributed by atoms with E-state index >= 15 is 0 Å². The van der Waals surface area contributed by atoms with Crippen LogP contribution in [0.15, 0.2) is 0 Å². The summed E-state index contributed by atoms with van der Waals surface area (Å²) < 4.78 is 0. The van der Waals surface area contributed by atoms with Gasteiger partial charge in [-0.05, 0) is 19.8 Å². The van der Waals surface area contributed by atoms with E-state index < -0.39 is 5.54 Å². The van der Waals surface area contributed by atoms with Gasteiger partial charge in [-0.2, -0.15) is 0 Å². The van der Waals surface area contributed by atoms with Gasteiger partial charge in [-0.3, -0.25) is 4.79 Å². The van der Waals surface area contributed by atoms with Crippen LogP contribution in [0.3, 0.4) is 0 Å². The Bertz CT molecular complexity index is 168. The van der Waals surface area contributed by atoms with Gasteiger partial charge in [0.2, 0.25) is 5.91 Å². The first-order chi connectivity index (χ1) is 6.58. The van der Waals surface area contributed by atoms with Gasteiger partial charge in [-0.15, -0.1) is 0 Å². The fourth-order valence-electron chi connectivity index (χ4n) is 0.926. The second-order valence-corrected chi connectivity index (χ2v) is 3.61. The van der Waals surface area contributed by atoms with E-state index in [2.05, 4.69) is 5.32 Å². The fraction of sp³-hybridized carbons (Fsp3) is 0.889. The van der Waals surface area contributed by atoms with E-state index in [1.165, 1.54) is 0 Å². The fourth-order valence-corrected chi connectivity index (χ4v) is 0.926. The molecular weight excluding hydrogens is 186 g/mol. The van der Waals surface area contributed by atoms with E-state index in [1.54, 1.807) is 6.92 Å². The lowest BCUT2D eigenvalue weighted by Crippen LogP contribution is -2.51. The third-order valence-electron chi connectivity index (χ3n) is 1.95. The van der Waals surface area contributed by atoms with Crippen LogP contribution in [0.5, 0.6) is 0 Å². The monoisotopic (exact) mass is 205 g/mol. The summed E-state index contributed by atoms with van der Waals surface area (Å²) >= 11 is 0. The third-order valence-corrected chi connectivity index (χ3v) is 1.95. The standard InChI is InChI=1S/C9H19NO4/c1-9(6-12,7-13)10-8(14)4-2-3-5-11/h11-13H,2-7H2,1H3,(H,10,14). The van der Waals surface area contributed by atoms with E-state index in [1.807, 2.05) is 0 Å². The van der Waals surface area contributed by atoms with E-state index in [4.69, 9.17) is 15.3 Å². The Balaban J connectivity index is 3.80. The van der Waals surface area contributed by atoms with E-state index in [0.29, 0.717) is 19.3 Å². The van der Waals surface area contributed by atoms with Crippen molar-refractivity contribution >= 4 is 5.91 Å². The summed E-state index contributed by atoms with van der Waals surface area (Å²) in [5.41, 5.74) is -0.948. The first-order valence-corrected chi connectivity index (χ1v) is 4.71. The number of hydrogen-bond acceptors (Lipinski definition) is 4. The Morgan fingerprint density at radius 3 is 2.21 bits per heavy atom. The minimum absolute atomic E-state index is 0.0740. The quantitative estimate of drug-likeness (QED) is 0.402. The molecule has 0 bridgehead atoms. The van der Waals surface area contributed by atoms with Crippen LogP contribution < -0.4 is 5.32 Å². The van der Waals surface area contributed by atoms with Crippen molar-refractivity contribution in [2.45, 2.75) is 31.7 Å². The number of aliphatic hydroxyl groups is 3. The van der Waals surface area contributed by atoms with Gasteiger partial charge in [0.25, 0.3) is 0 Å². The molecule has 0 saturated heterocycles. The summed E-state index contributed by atoms with van der Waals surface area (Å²) in [4.78, 5) is 11.2. The maximum atomic E-state index is 11.2. The lowest BCUT2D eigenvalue weighted by molar-refractivity contribution is -0.124. The van der Waals surface area contributed by atoms with Crippen LogP contribution in [0.1, 0.15) is 26.2 Å². The Labute approximate surface area is 83.8 Å². The van der Waals surface area contributed by atoms with Crippen LogP contribution in [-0.4, -0.2) is 46.6 Å². The number of unbranched alkanes of at least 4 members (excludes halogenated alkanes) is 1. The highest BCUT2D eigenvalue weighted by molar-refractivity contribution is 5.76. The van der Waals surface area contributed by atoms with E-state index in [0.717, 1.165) is 0 Å². The van der Waals surface area contributed by atoms with Crippen LogP contribution in [-0.2, 0) is 4.79 Å². The highest BCUT2D eigenvalue weighted by Gasteiger charge is 2.23. The van der Waals surface area contributed by atoms with Gasteiger partial charge in [-0.25, -0.2) is 0 Å². The topological polar surface area (TPSA) is 89.8 Å². The second-order valence-electron chi connectivity index (χ2n) is 3.61. The molecule has 0 aromatic heterocycles. The maximum absolute atomic E-state index is 11.2. The van der Waals surface area contributed by atoms with E-state index in [9.17, 15) is 4.79 Å². The minimum Gasteiger partial charge on any atom is -0.396 e. The smallest absolute Gasteiger partial charge is 0.220 e. The first-order valence-electron chi connectivity index (χ1n) is 4.71. The number of amides is 1. The Morgan fingerprint density at radius 2 is 1.79 bits per heavy atom. The van der Waals surface area contributed by atoms with Crippen molar-refractivity contribution < 1.29 is 20.1 Å². The molecule has 0 saturated carbocycles. The van der Waals surface area contributed by atoms with Gasteiger partial charge in [-0.1, -0.05) is 0 Å². The molecule has 5 heteroatoms. The molecule has 0 fully saturated rings. The Morgan fingerprint density at radius 1 is 1.21 bits per heavy atom. The lowest BCUT2D eigenvalue weighted by Gasteiger charge is -2.26. The molecule has 0 aromatic carbocycles. The molecule has 0 aliphatic carbocycles. The zero-order valence-corrected chi connectivity index (χ0v) is 8.49. The van der Waals surface area contributed by atoms with Crippen molar-refractivity contribution in [3.63, 3.8) is 0 Å². The van der Waals surface area contributed by atoms with Crippen LogP contribution in [0, 0.1) is 0 Å². The molecule has 0 aliphatic heterocycles. The molecule has 0 heterocycles. The van der Waals surface area contributed by atoms with Crippen molar-refractivity contribution in [3.8, 4) is 0 Å². The summed E-state index contributed by atoms with van der Waals surface area (Å²) in [6.45, 7) is 1.05. The number of aliphatic hydroxyl groups excluding tert-OH is 3. The van der Waals surface area contributed by atoms with Crippen molar-refractivity contribution in [3.05, 3.63) is 0 Å². The zero-order valence-electron chi connectivity index (χ0n) is 8.49. The molecule has 1 amide bonds. The summed E-state index contributed by atoms with van der Waals surface area (Å²) in [6, 6.07) is 0. The van der Waals surface area contributed by atoms with Crippen molar-refractivity contribution in [2.75, 3.05) is 19.8 Å². The molecule has 0 unspecified atom stereocenters. The summed E-state index contributed by atoms with van der Waals surface area (Å²) in [5, 5.41) is 28.8. The molecule has 0 aliphatic rings. The molecule has 4 N–H and O–H groups in total. The maximum Gasteiger partial charge on any atom is 0.220 e. The van der Waals surface area contributed by atoms with Gasteiger partial charge in [0.05, 0.1) is 18.8 Å². The van der Waals surface area contributed by atoms with Crippen LogP contribution >= 0.6 is 0 Å². The van der Waals surface area contributed by atoms with Gasteiger partial charge >= 0.3 is 0 Å². The molecule has 84 valence electrons. The molecule has 0 radical (unpaired) electrons. The molecule has 0 aromatic rings. The van der Waals surface area contributed by atoms with Gasteiger partial charge < -0.3 is 20.6 Å². The lowest BCUT2D eigenvalue weighted by atomic mass is 10.1. The van der Waals surface area contributed by atoms with Crippen LogP contribution in [0.2, 0.25) is 0 Å². The summed E-state index contributed by atoms with van der Waals surface area (Å²) in [7, 11) is 0. The third kappa shape index (κ3) is 5.16. The average molecular weight is 205 g/mol. The summed E-state index contributed by atoms with van der Waals surface area (Å²) in [5.74, 6) is -0.218. The predicted octanol–water partition coefficient (Wildman–Crippen LogP) is -0.992. The van der Waals surface area contributed by atoms with Crippen LogP contribution in [0.25, 0.3) is 0 Å². The van der Waals surface area contributed by atoms with Crippen molar-refractivity contribution in [1.82, 2.24) is 5.32 Å². The minimum atomic E-state index is -0.948. The predicted molar refractivity (Wildman–Crippen MR) is 51.7 cm³/mol. The second kappa shape index (κ2) is 6.75. The molecule has 14 heavy (non-hydrogen) atoms. The normalized spacial score (nSPS) is 11.4. The Kier molecular flexibility index (Phi) is 6.44. The number of nitrogens with one attached hydrogen (secondary N) is 1. The number of carbonyl (C=O) groups excluding carboxylic acids is 1. The molecule has 0 rings (SSSR count). The highest BCUT2D eigenvalue weighted by atomic mass is 16.3.